The number of nitrogen functional groups attached to an aromatic ring is 1. The molecule has 0 atom stereocenters. The predicted octanol–water partition coefficient (Wildman–Crippen LogP) is 1.60. The zero-order chi connectivity index (χ0) is 15.3. The molecule has 0 bridgehead atoms. The molecule has 1 aliphatic heterocycles. The van der Waals surface area contributed by atoms with Gasteiger partial charge in [0.15, 0.2) is 0 Å². The number of anilines is 1. The van der Waals surface area contributed by atoms with Crippen molar-refractivity contribution in [2.45, 2.75) is 37.5 Å². The molecule has 0 aromatic heterocycles. The molecule has 6 heteroatoms. The smallest absolute Gasteiger partial charge is 0.240 e. The van der Waals surface area contributed by atoms with Gasteiger partial charge in [0.1, 0.15) is 0 Å². The van der Waals surface area contributed by atoms with E-state index in [2.05, 4.69) is 9.62 Å². The Kier molecular flexibility index (Phi) is 5.61. The largest absolute Gasteiger partial charge is 0.398 e. The molecule has 0 radical (unpaired) electrons. The minimum atomic E-state index is -3.45. The molecule has 5 nitrogen and oxygen atoms in total. The van der Waals surface area contributed by atoms with Gasteiger partial charge in [-0.1, -0.05) is 13.0 Å². The van der Waals surface area contributed by atoms with E-state index in [9.17, 15) is 8.42 Å². The molecule has 0 spiro atoms. The Morgan fingerprint density at radius 1 is 1.29 bits per heavy atom. The first kappa shape index (κ1) is 16.3. The lowest BCUT2D eigenvalue weighted by Gasteiger charge is -2.14. The molecule has 118 valence electrons. The second-order valence-electron chi connectivity index (χ2n) is 5.51. The van der Waals surface area contributed by atoms with Crippen molar-refractivity contribution >= 4 is 15.7 Å². The van der Waals surface area contributed by atoms with E-state index in [0.717, 1.165) is 38.0 Å². The summed E-state index contributed by atoms with van der Waals surface area (Å²) in [5.74, 6) is 0. The van der Waals surface area contributed by atoms with Crippen LogP contribution in [0, 0.1) is 0 Å². The highest BCUT2D eigenvalue weighted by Crippen LogP contribution is 2.18. The van der Waals surface area contributed by atoms with Crippen molar-refractivity contribution in [2.24, 2.45) is 0 Å². The molecule has 1 aliphatic rings. The van der Waals surface area contributed by atoms with E-state index in [0.29, 0.717) is 12.2 Å². The summed E-state index contributed by atoms with van der Waals surface area (Å²) in [6.07, 6.45) is 4.15. The highest BCUT2D eigenvalue weighted by molar-refractivity contribution is 7.89. The number of hydrogen-bond donors (Lipinski definition) is 2. The quantitative estimate of drug-likeness (QED) is 0.592. The van der Waals surface area contributed by atoms with Gasteiger partial charge in [-0.05, 0) is 63.0 Å². The topological polar surface area (TPSA) is 75.4 Å². The van der Waals surface area contributed by atoms with E-state index in [1.807, 2.05) is 6.92 Å². The Morgan fingerprint density at radius 2 is 2.00 bits per heavy atom. The third kappa shape index (κ3) is 4.43. The average molecular weight is 311 g/mol. The van der Waals surface area contributed by atoms with Gasteiger partial charge in [-0.2, -0.15) is 0 Å². The number of rotatable bonds is 7. The van der Waals surface area contributed by atoms with Crippen LogP contribution in [0.5, 0.6) is 0 Å². The second kappa shape index (κ2) is 7.24. The molecule has 0 aliphatic carbocycles. The number of aryl methyl sites for hydroxylation is 1. The van der Waals surface area contributed by atoms with Gasteiger partial charge < -0.3 is 10.6 Å². The van der Waals surface area contributed by atoms with Crippen molar-refractivity contribution in [1.29, 1.82) is 0 Å². The Hall–Kier alpha value is -1.11. The van der Waals surface area contributed by atoms with E-state index in [4.69, 9.17) is 5.73 Å². The number of nitrogens with two attached hydrogens (primary N) is 1. The molecular weight excluding hydrogens is 286 g/mol. The maximum absolute atomic E-state index is 12.2. The Labute approximate surface area is 127 Å². The van der Waals surface area contributed by atoms with E-state index >= 15 is 0 Å². The van der Waals surface area contributed by atoms with Crippen LogP contribution in [0.1, 0.15) is 31.7 Å². The van der Waals surface area contributed by atoms with E-state index < -0.39 is 10.0 Å². The van der Waals surface area contributed by atoms with Crippen LogP contribution in [0.25, 0.3) is 0 Å². The molecule has 1 fully saturated rings. The average Bonchev–Trinajstić information content (AvgIpc) is 2.97. The summed E-state index contributed by atoms with van der Waals surface area (Å²) in [7, 11) is -3.45. The van der Waals surface area contributed by atoms with Gasteiger partial charge >= 0.3 is 0 Å². The van der Waals surface area contributed by atoms with Crippen LogP contribution in [0.4, 0.5) is 5.69 Å². The number of hydrogen-bond acceptors (Lipinski definition) is 4. The van der Waals surface area contributed by atoms with Crippen LogP contribution in [-0.4, -0.2) is 39.5 Å². The number of benzene rings is 1. The summed E-state index contributed by atoms with van der Waals surface area (Å²) >= 11 is 0. The summed E-state index contributed by atoms with van der Waals surface area (Å²) in [5.41, 5.74) is 7.38. The molecule has 0 saturated carbocycles. The van der Waals surface area contributed by atoms with Gasteiger partial charge in [0, 0.05) is 12.2 Å². The molecule has 1 heterocycles. The van der Waals surface area contributed by atoms with Crippen molar-refractivity contribution < 1.29 is 8.42 Å². The maximum atomic E-state index is 12.2. The predicted molar refractivity (Wildman–Crippen MR) is 85.7 cm³/mol. The van der Waals surface area contributed by atoms with Crippen molar-refractivity contribution in [3.05, 3.63) is 23.8 Å². The van der Waals surface area contributed by atoms with Crippen molar-refractivity contribution in [3.63, 3.8) is 0 Å². The first-order valence-corrected chi connectivity index (χ1v) is 9.11. The van der Waals surface area contributed by atoms with Gasteiger partial charge in [0.2, 0.25) is 10.0 Å². The first-order chi connectivity index (χ1) is 10.0. The van der Waals surface area contributed by atoms with Gasteiger partial charge in [0.05, 0.1) is 4.90 Å². The normalized spacial score (nSPS) is 16.4. The lowest BCUT2D eigenvalue weighted by atomic mass is 10.1. The summed E-state index contributed by atoms with van der Waals surface area (Å²) < 4.78 is 27.1. The third-order valence-electron chi connectivity index (χ3n) is 3.95. The van der Waals surface area contributed by atoms with Crippen molar-refractivity contribution in [1.82, 2.24) is 9.62 Å². The van der Waals surface area contributed by atoms with E-state index in [1.54, 1.807) is 18.2 Å². The third-order valence-corrected chi connectivity index (χ3v) is 5.41. The fourth-order valence-electron chi connectivity index (χ4n) is 2.66. The standard InChI is InChI=1S/C15H25N3O2S/c1-2-13-6-7-14(12-15(13)16)21(19,20)17-8-5-11-18-9-3-4-10-18/h6-7,12,17H,2-5,8-11,16H2,1H3. The molecule has 21 heavy (non-hydrogen) atoms. The van der Waals surface area contributed by atoms with Crippen molar-refractivity contribution in [3.8, 4) is 0 Å². The Morgan fingerprint density at radius 3 is 2.62 bits per heavy atom. The SMILES string of the molecule is CCc1ccc(S(=O)(=O)NCCCN2CCCC2)cc1N. The van der Waals surface area contributed by atoms with Gasteiger partial charge in [-0.15, -0.1) is 0 Å². The summed E-state index contributed by atoms with van der Waals surface area (Å²) in [6, 6.07) is 4.95. The van der Waals surface area contributed by atoms with Gasteiger partial charge in [0.25, 0.3) is 0 Å². The zero-order valence-electron chi connectivity index (χ0n) is 12.6. The van der Waals surface area contributed by atoms with Crippen LogP contribution < -0.4 is 10.5 Å². The zero-order valence-corrected chi connectivity index (χ0v) is 13.5. The Bertz CT molecular complexity index is 566. The lowest BCUT2D eigenvalue weighted by Crippen LogP contribution is -2.28. The second-order valence-corrected chi connectivity index (χ2v) is 7.28. The van der Waals surface area contributed by atoms with Crippen molar-refractivity contribution in [2.75, 3.05) is 31.9 Å². The Balaban J connectivity index is 1.87. The highest BCUT2D eigenvalue weighted by atomic mass is 32.2. The molecule has 2 rings (SSSR count). The number of likely N-dealkylation sites (tertiary alicyclic amines) is 1. The summed E-state index contributed by atoms with van der Waals surface area (Å²) in [4.78, 5) is 2.63. The minimum Gasteiger partial charge on any atom is -0.398 e. The van der Waals surface area contributed by atoms with Crippen LogP contribution in [0.3, 0.4) is 0 Å². The fraction of sp³-hybridized carbons (Fsp3) is 0.600. The van der Waals surface area contributed by atoms with Crippen LogP contribution >= 0.6 is 0 Å². The van der Waals surface area contributed by atoms with Crippen LogP contribution in [0.2, 0.25) is 0 Å². The number of sulfonamides is 1. The molecular formula is C15H25N3O2S. The summed E-state index contributed by atoms with van der Waals surface area (Å²) in [6.45, 7) is 5.70. The monoisotopic (exact) mass is 311 g/mol. The molecule has 1 aromatic carbocycles. The first-order valence-electron chi connectivity index (χ1n) is 7.63. The summed E-state index contributed by atoms with van der Waals surface area (Å²) in [5, 5.41) is 0. The number of nitrogens with one attached hydrogen (secondary N) is 1. The van der Waals surface area contributed by atoms with E-state index in [-0.39, 0.29) is 4.90 Å². The van der Waals surface area contributed by atoms with Gasteiger partial charge in [-0.25, -0.2) is 13.1 Å². The molecule has 0 amide bonds. The molecule has 1 saturated heterocycles. The fourth-order valence-corrected chi connectivity index (χ4v) is 3.77. The van der Waals surface area contributed by atoms with E-state index in [1.165, 1.54) is 12.8 Å². The highest BCUT2D eigenvalue weighted by Gasteiger charge is 2.15. The van der Waals surface area contributed by atoms with Crippen LogP contribution in [0.15, 0.2) is 23.1 Å². The minimum absolute atomic E-state index is 0.248. The molecule has 0 unspecified atom stereocenters. The number of nitrogens with zero attached hydrogens (tertiary/aromatic N) is 1. The lowest BCUT2D eigenvalue weighted by molar-refractivity contribution is 0.334. The van der Waals surface area contributed by atoms with Gasteiger partial charge in [-0.3, -0.25) is 0 Å². The van der Waals surface area contributed by atoms with Crippen LogP contribution in [-0.2, 0) is 16.4 Å². The molecule has 3 N–H and O–H groups in total. The molecule has 1 aromatic rings. The maximum Gasteiger partial charge on any atom is 0.240 e.